The Labute approximate surface area is 177 Å². The van der Waals surface area contributed by atoms with Crippen LogP contribution in [0.3, 0.4) is 0 Å². The lowest BCUT2D eigenvalue weighted by molar-refractivity contribution is -0.140. The Bertz CT molecular complexity index is 1220. The molecule has 3 aromatic rings. The number of hydrogen-bond acceptors (Lipinski definition) is 7. The first kappa shape index (κ1) is 18.9. The summed E-state index contributed by atoms with van der Waals surface area (Å²) in [5.41, 5.74) is 0.179. The van der Waals surface area contributed by atoms with Gasteiger partial charge in [-0.15, -0.1) is 0 Å². The van der Waals surface area contributed by atoms with Gasteiger partial charge in [0, 0.05) is 16.8 Å². The number of nitrogens with zero attached hydrogens (tertiary/aromatic N) is 1. The number of fused-ring (bicyclic) bond motifs is 2. The van der Waals surface area contributed by atoms with Crippen LogP contribution in [0.4, 0.5) is 5.69 Å². The van der Waals surface area contributed by atoms with Gasteiger partial charge in [-0.3, -0.25) is 9.59 Å². The molecule has 2 aliphatic heterocycles. The maximum atomic E-state index is 13.7. The molecule has 0 saturated carbocycles. The Kier molecular flexibility index (Phi) is 4.28. The molecule has 0 radical (unpaired) electrons. The van der Waals surface area contributed by atoms with Crippen LogP contribution in [-0.2, 0) is 15.2 Å². The van der Waals surface area contributed by atoms with Crippen molar-refractivity contribution >= 4 is 23.1 Å². The minimum atomic E-state index is -1.66. The van der Waals surface area contributed by atoms with Crippen LogP contribution in [0.1, 0.15) is 21.7 Å². The summed E-state index contributed by atoms with van der Waals surface area (Å²) in [6.07, 6.45) is 1.40. The standard InChI is InChI=1S/C23H18N2O6/c1-28-17-10-5-7-13(21(17)29-2)19-18(20(26)16-11-6-12-30-16)23(31-25-19)14-8-3-4-9-15(14)24-22(23)27/h3-12,18H,1-2H3,(H,24,27)/t18-,23-/m1/s1. The van der Waals surface area contributed by atoms with Crippen LogP contribution in [0.5, 0.6) is 11.5 Å². The Morgan fingerprint density at radius 1 is 1.06 bits per heavy atom. The average molecular weight is 418 g/mol. The number of rotatable bonds is 5. The van der Waals surface area contributed by atoms with Crippen LogP contribution < -0.4 is 14.8 Å². The molecule has 0 fully saturated rings. The second-order valence-electron chi connectivity index (χ2n) is 7.12. The van der Waals surface area contributed by atoms with Gasteiger partial charge in [-0.25, -0.2) is 0 Å². The van der Waals surface area contributed by atoms with Crippen LogP contribution in [0.15, 0.2) is 70.4 Å². The minimum Gasteiger partial charge on any atom is -0.493 e. The molecule has 156 valence electrons. The number of Topliss-reactive ketones (excluding diaryl/α,β-unsaturated/α-hetero) is 1. The number of hydrogen-bond donors (Lipinski definition) is 1. The quantitative estimate of drug-likeness (QED) is 0.638. The zero-order valence-electron chi connectivity index (χ0n) is 16.7. The van der Waals surface area contributed by atoms with Crippen LogP contribution in [0.2, 0.25) is 0 Å². The van der Waals surface area contributed by atoms with E-state index in [4.69, 9.17) is 18.7 Å². The number of amides is 1. The number of oxime groups is 1. The fourth-order valence-electron chi connectivity index (χ4n) is 4.21. The predicted molar refractivity (Wildman–Crippen MR) is 110 cm³/mol. The lowest BCUT2D eigenvalue weighted by Crippen LogP contribution is -2.46. The van der Waals surface area contributed by atoms with Crippen molar-refractivity contribution in [2.45, 2.75) is 5.60 Å². The normalized spacial score (nSPS) is 21.3. The summed E-state index contributed by atoms with van der Waals surface area (Å²) in [6.45, 7) is 0. The molecule has 1 N–H and O–H groups in total. The highest BCUT2D eigenvalue weighted by molar-refractivity contribution is 6.25. The van der Waals surface area contributed by atoms with E-state index in [-0.39, 0.29) is 11.5 Å². The maximum absolute atomic E-state index is 13.7. The summed E-state index contributed by atoms with van der Waals surface area (Å²) in [4.78, 5) is 32.7. The summed E-state index contributed by atoms with van der Waals surface area (Å²) >= 11 is 0. The van der Waals surface area contributed by atoms with Crippen molar-refractivity contribution in [2.24, 2.45) is 11.1 Å². The molecule has 1 spiro atoms. The van der Waals surface area contributed by atoms with Gasteiger partial charge in [0.2, 0.25) is 5.78 Å². The minimum absolute atomic E-state index is 0.0987. The van der Waals surface area contributed by atoms with Crippen LogP contribution in [0.25, 0.3) is 0 Å². The molecular formula is C23H18N2O6. The number of carbonyl (C=O) groups is 2. The molecule has 3 heterocycles. The third kappa shape index (κ3) is 2.58. The molecule has 31 heavy (non-hydrogen) atoms. The summed E-state index contributed by atoms with van der Waals surface area (Å²) in [7, 11) is 3.01. The first-order chi connectivity index (χ1) is 15.1. The molecule has 2 aliphatic rings. The highest BCUT2D eigenvalue weighted by atomic mass is 16.7. The van der Waals surface area contributed by atoms with Crippen LogP contribution in [-0.4, -0.2) is 31.6 Å². The van der Waals surface area contributed by atoms with Gasteiger partial charge in [0.25, 0.3) is 11.5 Å². The van der Waals surface area contributed by atoms with Gasteiger partial charge in [-0.05, 0) is 30.3 Å². The van der Waals surface area contributed by atoms with Crippen molar-refractivity contribution in [3.05, 3.63) is 77.7 Å². The zero-order chi connectivity index (χ0) is 21.6. The van der Waals surface area contributed by atoms with Gasteiger partial charge < -0.3 is 24.0 Å². The molecule has 8 nitrogen and oxygen atoms in total. The van der Waals surface area contributed by atoms with Crippen molar-refractivity contribution in [1.29, 1.82) is 0 Å². The maximum Gasteiger partial charge on any atom is 0.277 e. The van der Waals surface area contributed by atoms with E-state index in [1.54, 1.807) is 54.6 Å². The van der Waals surface area contributed by atoms with Crippen molar-refractivity contribution in [3.8, 4) is 11.5 Å². The van der Waals surface area contributed by atoms with E-state index < -0.39 is 23.2 Å². The number of anilines is 1. The monoisotopic (exact) mass is 418 g/mol. The fourth-order valence-corrected chi connectivity index (χ4v) is 4.21. The van der Waals surface area contributed by atoms with Gasteiger partial charge in [-0.1, -0.05) is 29.4 Å². The zero-order valence-corrected chi connectivity index (χ0v) is 16.7. The summed E-state index contributed by atoms with van der Waals surface area (Å²) < 4.78 is 16.3. The lowest BCUT2D eigenvalue weighted by atomic mass is 9.75. The Hall–Kier alpha value is -4.07. The third-order valence-corrected chi connectivity index (χ3v) is 5.59. The number of ketones is 1. The summed E-state index contributed by atoms with van der Waals surface area (Å²) in [6, 6.07) is 15.5. The molecule has 0 unspecified atom stereocenters. The molecule has 0 saturated heterocycles. The number of para-hydroxylation sites is 2. The summed E-state index contributed by atoms with van der Waals surface area (Å²) in [5, 5.41) is 7.05. The van der Waals surface area contributed by atoms with Crippen LogP contribution >= 0.6 is 0 Å². The first-order valence-electron chi connectivity index (χ1n) is 9.58. The fraction of sp³-hybridized carbons (Fsp3) is 0.174. The molecule has 2 aromatic carbocycles. The summed E-state index contributed by atoms with van der Waals surface area (Å²) in [5.74, 6) is -1.07. The van der Waals surface area contributed by atoms with Crippen molar-refractivity contribution in [1.82, 2.24) is 0 Å². The van der Waals surface area contributed by atoms with E-state index >= 15 is 0 Å². The number of ether oxygens (including phenoxy) is 2. The van der Waals surface area contributed by atoms with E-state index in [9.17, 15) is 9.59 Å². The van der Waals surface area contributed by atoms with Gasteiger partial charge in [0.15, 0.2) is 17.3 Å². The van der Waals surface area contributed by atoms with Gasteiger partial charge >= 0.3 is 0 Å². The number of nitrogens with one attached hydrogen (secondary N) is 1. The van der Waals surface area contributed by atoms with Gasteiger partial charge in [0.05, 0.1) is 20.5 Å². The second-order valence-corrected chi connectivity index (χ2v) is 7.12. The van der Waals surface area contributed by atoms with E-state index in [1.807, 2.05) is 0 Å². The van der Waals surface area contributed by atoms with Gasteiger partial charge in [-0.2, -0.15) is 0 Å². The number of methoxy groups -OCH3 is 2. The molecule has 1 aromatic heterocycles. The second kappa shape index (κ2) is 7.02. The van der Waals surface area contributed by atoms with Crippen molar-refractivity contribution in [2.75, 3.05) is 19.5 Å². The largest absolute Gasteiger partial charge is 0.493 e. The molecule has 8 heteroatoms. The van der Waals surface area contributed by atoms with E-state index in [0.717, 1.165) is 0 Å². The predicted octanol–water partition coefficient (Wildman–Crippen LogP) is 3.38. The van der Waals surface area contributed by atoms with Gasteiger partial charge in [0.1, 0.15) is 11.6 Å². The Morgan fingerprint density at radius 3 is 2.65 bits per heavy atom. The van der Waals surface area contributed by atoms with E-state index in [1.165, 1.54) is 20.5 Å². The third-order valence-electron chi connectivity index (χ3n) is 5.59. The molecule has 0 bridgehead atoms. The lowest BCUT2D eigenvalue weighted by Gasteiger charge is -2.26. The first-order valence-corrected chi connectivity index (χ1v) is 9.58. The smallest absolute Gasteiger partial charge is 0.277 e. The molecule has 1 amide bonds. The molecule has 2 atom stereocenters. The Morgan fingerprint density at radius 2 is 1.90 bits per heavy atom. The molecule has 0 aliphatic carbocycles. The molecular weight excluding hydrogens is 400 g/mol. The van der Waals surface area contributed by atoms with Crippen LogP contribution in [0, 0.1) is 5.92 Å². The molecule has 5 rings (SSSR count). The SMILES string of the molecule is COc1cccc(C2=NO[C@@]3(C(=O)Nc4ccccc43)[C@H]2C(=O)c2ccco2)c1OC. The number of furan rings is 1. The topological polar surface area (TPSA) is 99.4 Å². The van der Waals surface area contributed by atoms with Crippen molar-refractivity contribution < 1.29 is 28.3 Å². The number of benzene rings is 2. The van der Waals surface area contributed by atoms with E-state index in [2.05, 4.69) is 10.5 Å². The highest BCUT2D eigenvalue weighted by Crippen LogP contribution is 2.50. The number of carbonyl (C=O) groups excluding carboxylic acids is 2. The highest BCUT2D eigenvalue weighted by Gasteiger charge is 2.64. The Balaban J connectivity index is 1.73. The van der Waals surface area contributed by atoms with Crippen molar-refractivity contribution in [3.63, 3.8) is 0 Å². The van der Waals surface area contributed by atoms with E-state index in [0.29, 0.717) is 28.3 Å². The average Bonchev–Trinajstić information content (AvgIpc) is 3.52.